The molecule has 55 heavy (non-hydrogen) atoms. The topological polar surface area (TPSA) is 136 Å². The maximum Gasteiger partial charge on any atom is 0.397 e. The molecule has 0 spiro atoms. The Bertz CT molecular complexity index is 1930. The molecule has 6 atom stereocenters. The standard InChI is InChI=1S/C13H15Cl2NO2.C13H14F3NO2.C13H15F2NO2/c1-16-10(7-17)12(13(14)15)9-3-2-8-4-5-18-11(8)6-9;1-17-10(7-18)12(13(14,15)16)9-3-2-8-4-5-19-11(8)6-9;1-16-10(7-17)12(13(14)15)9-3-2-8-4-5-18-11(8)6-9/h2-6,10,12-13,16-17H,7H2,1H3;2-6,10,12,17-18H,7H2,1H3;2-6,10,12-13,16-17H,7H2,1H3. The second kappa shape index (κ2) is 20.4. The van der Waals surface area contributed by atoms with E-state index in [4.69, 9.17) is 46.7 Å². The number of hydrogen-bond donors (Lipinski definition) is 6. The van der Waals surface area contributed by atoms with Crippen molar-refractivity contribution in [2.75, 3.05) is 41.0 Å². The van der Waals surface area contributed by atoms with E-state index in [1.807, 2.05) is 24.3 Å². The van der Waals surface area contributed by atoms with Gasteiger partial charge in [0.2, 0.25) is 6.43 Å². The minimum Gasteiger partial charge on any atom is -0.464 e. The monoisotopic (exact) mass is 815 g/mol. The van der Waals surface area contributed by atoms with E-state index in [0.29, 0.717) is 16.7 Å². The molecule has 0 aliphatic carbocycles. The van der Waals surface area contributed by atoms with E-state index in [1.165, 1.54) is 31.7 Å². The first-order chi connectivity index (χ1) is 26.3. The van der Waals surface area contributed by atoms with Gasteiger partial charge in [0.15, 0.2) is 0 Å². The van der Waals surface area contributed by atoms with Crippen LogP contribution < -0.4 is 16.0 Å². The Labute approximate surface area is 324 Å². The summed E-state index contributed by atoms with van der Waals surface area (Å²) in [6.45, 7) is -0.980. The summed E-state index contributed by atoms with van der Waals surface area (Å²) in [5.41, 5.74) is 3.25. The van der Waals surface area contributed by atoms with Crippen molar-refractivity contribution in [2.45, 2.75) is 53.3 Å². The molecule has 0 amide bonds. The number of likely N-dealkylation sites (N-methyl/N-ethyl adjacent to an activating group) is 3. The second-order valence-electron chi connectivity index (χ2n) is 12.6. The van der Waals surface area contributed by atoms with Gasteiger partial charge in [0.05, 0.1) is 50.4 Å². The van der Waals surface area contributed by atoms with Gasteiger partial charge in [-0.25, -0.2) is 8.78 Å². The number of alkyl halides is 7. The number of halogens is 7. The first-order valence-corrected chi connectivity index (χ1v) is 18.1. The van der Waals surface area contributed by atoms with Crippen molar-refractivity contribution in [3.63, 3.8) is 0 Å². The highest BCUT2D eigenvalue weighted by atomic mass is 35.5. The highest BCUT2D eigenvalue weighted by Gasteiger charge is 2.45. The van der Waals surface area contributed by atoms with Crippen LogP contribution in [0, 0.1) is 0 Å². The molecule has 6 aromatic rings. The van der Waals surface area contributed by atoms with Gasteiger partial charge >= 0.3 is 6.18 Å². The van der Waals surface area contributed by atoms with Gasteiger partial charge in [-0.05, 0) is 74.2 Å². The highest BCUT2D eigenvalue weighted by Crippen LogP contribution is 2.39. The molecule has 0 bridgehead atoms. The Morgan fingerprint density at radius 3 is 1.27 bits per heavy atom. The van der Waals surface area contributed by atoms with E-state index in [9.17, 15) is 27.1 Å². The van der Waals surface area contributed by atoms with Crippen LogP contribution in [0.15, 0.2) is 105 Å². The van der Waals surface area contributed by atoms with Crippen LogP contribution in [0.4, 0.5) is 22.0 Å². The molecule has 0 aliphatic rings. The molecule has 3 heterocycles. The van der Waals surface area contributed by atoms with Crippen LogP contribution in [0.5, 0.6) is 0 Å². The summed E-state index contributed by atoms with van der Waals surface area (Å²) >= 11 is 12.1. The normalized spacial score (nSPS) is 15.3. The Morgan fingerprint density at radius 2 is 0.927 bits per heavy atom. The van der Waals surface area contributed by atoms with Crippen LogP contribution in [-0.4, -0.2) is 91.8 Å². The van der Waals surface area contributed by atoms with Gasteiger partial charge in [-0.3, -0.25) is 0 Å². The van der Waals surface area contributed by atoms with Gasteiger partial charge in [-0.1, -0.05) is 36.4 Å². The fourth-order valence-corrected chi connectivity index (χ4v) is 7.05. The number of benzene rings is 3. The minimum absolute atomic E-state index is 0.0344. The van der Waals surface area contributed by atoms with E-state index in [1.54, 1.807) is 56.8 Å². The molecule has 0 saturated heterocycles. The van der Waals surface area contributed by atoms with Gasteiger partial charge < -0.3 is 44.5 Å². The lowest BCUT2D eigenvalue weighted by atomic mass is 9.90. The average Bonchev–Trinajstić information content (AvgIpc) is 3.95. The molecular formula is C39H44Cl2F5N3O6. The van der Waals surface area contributed by atoms with Crippen molar-refractivity contribution in [1.82, 2.24) is 16.0 Å². The molecule has 3 aromatic carbocycles. The third-order valence-corrected chi connectivity index (χ3v) is 9.98. The molecule has 300 valence electrons. The summed E-state index contributed by atoms with van der Waals surface area (Å²) in [6.07, 6.45) is -2.41. The van der Waals surface area contributed by atoms with Crippen molar-refractivity contribution in [3.8, 4) is 0 Å². The first kappa shape index (κ1) is 44.0. The summed E-state index contributed by atoms with van der Waals surface area (Å²) < 4.78 is 81.5. The zero-order valence-electron chi connectivity index (χ0n) is 30.1. The quantitative estimate of drug-likeness (QED) is 0.0479. The number of nitrogens with one attached hydrogen (secondary N) is 3. The van der Waals surface area contributed by atoms with Crippen LogP contribution in [0.25, 0.3) is 32.9 Å². The maximum atomic E-state index is 13.2. The van der Waals surface area contributed by atoms with Crippen LogP contribution in [-0.2, 0) is 0 Å². The van der Waals surface area contributed by atoms with Crippen LogP contribution >= 0.6 is 23.2 Å². The fourth-order valence-electron chi connectivity index (χ4n) is 6.41. The predicted molar refractivity (Wildman–Crippen MR) is 204 cm³/mol. The molecule has 6 N–H and O–H groups in total. The lowest BCUT2D eigenvalue weighted by Gasteiger charge is -2.27. The number of furan rings is 3. The number of aliphatic hydroxyl groups is 3. The van der Waals surface area contributed by atoms with E-state index >= 15 is 0 Å². The molecular weight excluding hydrogens is 772 g/mol. The zero-order chi connectivity index (χ0) is 40.3. The van der Waals surface area contributed by atoms with Crippen molar-refractivity contribution in [1.29, 1.82) is 0 Å². The van der Waals surface area contributed by atoms with E-state index in [0.717, 1.165) is 27.3 Å². The Balaban J connectivity index is 0.000000184. The molecule has 9 nitrogen and oxygen atoms in total. The lowest BCUT2D eigenvalue weighted by molar-refractivity contribution is -0.159. The molecule has 0 saturated carbocycles. The third kappa shape index (κ3) is 11.0. The lowest BCUT2D eigenvalue weighted by Crippen LogP contribution is -2.42. The number of aliphatic hydroxyl groups excluding tert-OH is 3. The second-order valence-corrected chi connectivity index (χ2v) is 13.8. The first-order valence-electron chi connectivity index (χ1n) is 17.2. The van der Waals surface area contributed by atoms with Gasteiger partial charge in [0.1, 0.15) is 21.6 Å². The summed E-state index contributed by atoms with van der Waals surface area (Å²) in [6, 6.07) is 18.6. The fraction of sp³-hybridized carbons (Fsp3) is 0.385. The molecule has 0 radical (unpaired) electrons. The SMILES string of the molecule is CNC(CO)C(c1ccc2ccoc2c1)C(Cl)Cl.CNC(CO)C(c1ccc2ccoc2c1)C(F)(F)F.CNC(CO)C(c1ccc2ccoc2c1)C(F)F. The smallest absolute Gasteiger partial charge is 0.397 e. The summed E-state index contributed by atoms with van der Waals surface area (Å²) in [5, 5.41) is 38.5. The zero-order valence-corrected chi connectivity index (χ0v) is 31.6. The number of rotatable bonds is 14. The van der Waals surface area contributed by atoms with Crippen molar-refractivity contribution in [3.05, 3.63) is 108 Å². The van der Waals surface area contributed by atoms with Crippen LogP contribution in [0.1, 0.15) is 34.4 Å². The summed E-state index contributed by atoms with van der Waals surface area (Å²) in [7, 11) is 4.72. The van der Waals surface area contributed by atoms with E-state index in [2.05, 4.69) is 16.0 Å². The molecule has 3 aromatic heterocycles. The van der Waals surface area contributed by atoms with Crippen LogP contribution in [0.3, 0.4) is 0 Å². The van der Waals surface area contributed by atoms with Gasteiger partial charge in [-0.2, -0.15) is 13.2 Å². The Hall–Kier alpha value is -3.73. The Kier molecular flexibility index (Phi) is 16.3. The van der Waals surface area contributed by atoms with Crippen molar-refractivity contribution in [2.24, 2.45) is 0 Å². The minimum atomic E-state index is -4.45. The molecule has 6 rings (SSSR count). The van der Waals surface area contributed by atoms with E-state index in [-0.39, 0.29) is 30.7 Å². The van der Waals surface area contributed by atoms with Gasteiger partial charge in [-0.15, -0.1) is 23.2 Å². The molecule has 0 fully saturated rings. The average molecular weight is 817 g/mol. The maximum absolute atomic E-state index is 13.2. The largest absolute Gasteiger partial charge is 0.464 e. The summed E-state index contributed by atoms with van der Waals surface area (Å²) in [5.74, 6) is -3.04. The van der Waals surface area contributed by atoms with Gasteiger partial charge in [0, 0.05) is 40.2 Å². The van der Waals surface area contributed by atoms with Gasteiger partial charge in [0.25, 0.3) is 0 Å². The Morgan fingerprint density at radius 1 is 0.564 bits per heavy atom. The van der Waals surface area contributed by atoms with Crippen molar-refractivity contribution < 1.29 is 50.5 Å². The van der Waals surface area contributed by atoms with Crippen LogP contribution in [0.2, 0.25) is 0 Å². The number of fused-ring (bicyclic) bond motifs is 3. The van der Waals surface area contributed by atoms with E-state index < -0.39 is 48.0 Å². The number of hydrogen-bond acceptors (Lipinski definition) is 9. The molecule has 16 heteroatoms. The third-order valence-electron chi connectivity index (χ3n) is 9.44. The predicted octanol–water partition coefficient (Wildman–Crippen LogP) is 7.92. The molecule has 0 aliphatic heterocycles. The summed E-state index contributed by atoms with van der Waals surface area (Å²) in [4.78, 5) is -0.609. The highest BCUT2D eigenvalue weighted by molar-refractivity contribution is 6.44. The molecule has 6 unspecified atom stereocenters. The van der Waals surface area contributed by atoms with Crippen molar-refractivity contribution >= 4 is 56.1 Å².